The first kappa shape index (κ1) is 22.7. The van der Waals surface area contributed by atoms with Gasteiger partial charge in [0.25, 0.3) is 17.0 Å². The third-order valence-corrected chi connectivity index (χ3v) is 7.35. The summed E-state index contributed by atoms with van der Waals surface area (Å²) in [5.74, 6) is -1.27. The lowest BCUT2D eigenvalue weighted by atomic mass is 10.1. The molecule has 0 bridgehead atoms. The standard InChI is InChI=1S/C20H23FN4O5S2/c1-12-15(5-6-16(24-12)32(2,27)28)30-19-17(21)18(22-11-23-19)29-13-7-9-25(10-8-13)20(26)31-14-3-4-14/h5-6,11,13-14H,3-4,7-10H2,1-2H3. The molecule has 172 valence electrons. The lowest BCUT2D eigenvalue weighted by Crippen LogP contribution is -2.40. The van der Waals surface area contributed by atoms with Crippen LogP contribution in [0.15, 0.2) is 23.5 Å². The third-order valence-electron chi connectivity index (χ3n) is 5.09. The first-order valence-corrected chi connectivity index (χ1v) is 13.0. The topological polar surface area (TPSA) is 112 Å². The quantitative estimate of drug-likeness (QED) is 0.612. The Morgan fingerprint density at radius 2 is 1.84 bits per heavy atom. The van der Waals surface area contributed by atoms with Gasteiger partial charge in [-0.3, -0.25) is 4.79 Å². The number of halogens is 1. The lowest BCUT2D eigenvalue weighted by molar-refractivity contribution is 0.109. The van der Waals surface area contributed by atoms with E-state index in [-0.39, 0.29) is 39.6 Å². The van der Waals surface area contributed by atoms with Crippen molar-refractivity contribution in [1.29, 1.82) is 0 Å². The van der Waals surface area contributed by atoms with Crippen molar-refractivity contribution in [2.24, 2.45) is 0 Å². The molecule has 0 spiro atoms. The molecule has 3 heterocycles. The van der Waals surface area contributed by atoms with E-state index in [2.05, 4.69) is 15.0 Å². The minimum atomic E-state index is -3.47. The van der Waals surface area contributed by atoms with Crippen LogP contribution in [0.25, 0.3) is 0 Å². The van der Waals surface area contributed by atoms with Crippen molar-refractivity contribution in [1.82, 2.24) is 19.9 Å². The van der Waals surface area contributed by atoms with Crippen molar-refractivity contribution in [3.05, 3.63) is 30.0 Å². The van der Waals surface area contributed by atoms with Crippen molar-refractivity contribution >= 4 is 26.8 Å². The molecule has 2 aromatic heterocycles. The highest BCUT2D eigenvalue weighted by Crippen LogP contribution is 2.36. The van der Waals surface area contributed by atoms with Gasteiger partial charge in [-0.1, -0.05) is 11.8 Å². The van der Waals surface area contributed by atoms with E-state index in [1.807, 2.05) is 4.90 Å². The van der Waals surface area contributed by atoms with Crippen LogP contribution < -0.4 is 9.47 Å². The fourth-order valence-corrected chi connectivity index (χ4v) is 4.76. The van der Waals surface area contributed by atoms with Crippen LogP contribution in [-0.4, -0.2) is 64.2 Å². The molecule has 12 heteroatoms. The number of pyridine rings is 1. The molecule has 2 aliphatic rings. The highest BCUT2D eigenvalue weighted by molar-refractivity contribution is 8.14. The van der Waals surface area contributed by atoms with E-state index in [4.69, 9.17) is 9.47 Å². The maximum absolute atomic E-state index is 14.9. The Bertz CT molecular complexity index is 1120. The number of hydrogen-bond donors (Lipinski definition) is 0. The number of rotatable bonds is 6. The minimum absolute atomic E-state index is 0.0979. The second-order valence-electron chi connectivity index (χ2n) is 7.79. The molecule has 0 atom stereocenters. The molecule has 2 fully saturated rings. The number of thioether (sulfide) groups is 1. The number of aromatic nitrogens is 3. The summed E-state index contributed by atoms with van der Waals surface area (Å²) in [4.78, 5) is 25.7. The number of ether oxygens (including phenoxy) is 2. The molecule has 0 radical (unpaired) electrons. The van der Waals surface area contributed by atoms with Gasteiger partial charge in [-0.15, -0.1) is 0 Å². The molecule has 0 aromatic carbocycles. The molecular weight excluding hydrogens is 459 g/mol. The maximum Gasteiger partial charge on any atom is 0.281 e. The van der Waals surface area contributed by atoms with E-state index in [0.717, 1.165) is 25.4 Å². The summed E-state index contributed by atoms with van der Waals surface area (Å²) in [5.41, 5.74) is 0.273. The first-order chi connectivity index (χ1) is 15.2. The van der Waals surface area contributed by atoms with Crippen molar-refractivity contribution in [3.63, 3.8) is 0 Å². The molecule has 32 heavy (non-hydrogen) atoms. The van der Waals surface area contributed by atoms with Gasteiger partial charge in [0.1, 0.15) is 12.4 Å². The Morgan fingerprint density at radius 1 is 1.16 bits per heavy atom. The van der Waals surface area contributed by atoms with Crippen molar-refractivity contribution in [2.75, 3.05) is 19.3 Å². The number of sulfone groups is 1. The summed E-state index contributed by atoms with van der Waals surface area (Å²) in [5, 5.41) is 0.460. The maximum atomic E-state index is 14.9. The van der Waals surface area contributed by atoms with Crippen LogP contribution in [0.5, 0.6) is 17.5 Å². The summed E-state index contributed by atoms with van der Waals surface area (Å²) < 4.78 is 49.4. The van der Waals surface area contributed by atoms with E-state index >= 15 is 0 Å². The molecule has 0 unspecified atom stereocenters. The highest BCUT2D eigenvalue weighted by Gasteiger charge is 2.31. The zero-order chi connectivity index (χ0) is 22.9. The average Bonchev–Trinajstić information content (AvgIpc) is 3.56. The zero-order valence-electron chi connectivity index (χ0n) is 17.7. The van der Waals surface area contributed by atoms with Crippen molar-refractivity contribution in [2.45, 2.75) is 49.0 Å². The normalized spacial score (nSPS) is 17.3. The smallest absolute Gasteiger partial charge is 0.281 e. The number of nitrogens with zero attached hydrogens (tertiary/aromatic N) is 4. The molecule has 0 N–H and O–H groups in total. The van der Waals surface area contributed by atoms with E-state index < -0.39 is 15.7 Å². The monoisotopic (exact) mass is 482 g/mol. The van der Waals surface area contributed by atoms with Gasteiger partial charge >= 0.3 is 0 Å². The molecule has 4 rings (SSSR count). The first-order valence-electron chi connectivity index (χ1n) is 10.2. The molecular formula is C20H23FN4O5S2. The van der Waals surface area contributed by atoms with Crippen molar-refractivity contribution in [3.8, 4) is 17.5 Å². The number of piperidine rings is 1. The lowest BCUT2D eigenvalue weighted by Gasteiger charge is -2.31. The van der Waals surface area contributed by atoms with E-state index in [9.17, 15) is 17.6 Å². The summed E-state index contributed by atoms with van der Waals surface area (Å²) in [6.45, 7) is 2.66. The number of amides is 1. The van der Waals surface area contributed by atoms with Crippen LogP contribution in [-0.2, 0) is 9.84 Å². The number of aryl methyl sites for hydroxylation is 1. The molecule has 1 aliphatic heterocycles. The predicted octanol–water partition coefficient (Wildman–Crippen LogP) is 3.37. The number of hydrogen-bond acceptors (Lipinski definition) is 9. The SMILES string of the molecule is Cc1nc(S(C)(=O)=O)ccc1Oc1ncnc(OC2CCN(C(=O)SC3CC3)CC2)c1F. The Labute approximate surface area is 189 Å². The van der Waals surface area contributed by atoms with Crippen LogP contribution >= 0.6 is 11.8 Å². The highest BCUT2D eigenvalue weighted by atomic mass is 32.2. The number of carbonyl (C=O) groups is 1. The van der Waals surface area contributed by atoms with Gasteiger partial charge in [-0.25, -0.2) is 13.4 Å². The second-order valence-corrected chi connectivity index (χ2v) is 11.0. The predicted molar refractivity (Wildman–Crippen MR) is 115 cm³/mol. The fourth-order valence-electron chi connectivity index (χ4n) is 3.15. The average molecular weight is 483 g/mol. The Morgan fingerprint density at radius 3 is 2.47 bits per heavy atom. The zero-order valence-corrected chi connectivity index (χ0v) is 19.3. The fraction of sp³-hybridized carbons (Fsp3) is 0.500. The summed E-state index contributed by atoms with van der Waals surface area (Å²) >= 11 is 1.40. The van der Waals surface area contributed by atoms with E-state index in [1.54, 1.807) is 6.92 Å². The molecule has 9 nitrogen and oxygen atoms in total. The molecule has 1 saturated carbocycles. The summed E-state index contributed by atoms with van der Waals surface area (Å²) in [7, 11) is -3.47. The summed E-state index contributed by atoms with van der Waals surface area (Å²) in [6, 6.07) is 2.68. The molecule has 1 saturated heterocycles. The van der Waals surface area contributed by atoms with Crippen LogP contribution in [0.2, 0.25) is 0 Å². The van der Waals surface area contributed by atoms with E-state index in [1.165, 1.54) is 23.9 Å². The van der Waals surface area contributed by atoms with Gasteiger partial charge in [0.2, 0.25) is 5.82 Å². The van der Waals surface area contributed by atoms with Gasteiger partial charge in [-0.2, -0.15) is 14.4 Å². The van der Waals surface area contributed by atoms with Gasteiger partial charge in [0, 0.05) is 37.4 Å². The second kappa shape index (κ2) is 9.18. The van der Waals surface area contributed by atoms with Crippen molar-refractivity contribution < 1.29 is 27.1 Å². The van der Waals surface area contributed by atoms with Crippen LogP contribution in [0.4, 0.5) is 9.18 Å². The molecule has 1 aliphatic carbocycles. The van der Waals surface area contributed by atoms with Crippen LogP contribution in [0.1, 0.15) is 31.4 Å². The number of carbonyl (C=O) groups excluding carboxylic acids is 1. The Kier molecular flexibility index (Phi) is 6.52. The van der Waals surface area contributed by atoms with Crippen LogP contribution in [0, 0.1) is 12.7 Å². The van der Waals surface area contributed by atoms with Gasteiger partial charge < -0.3 is 14.4 Å². The Hall–Kier alpha value is -2.47. The van der Waals surface area contributed by atoms with Gasteiger partial charge in [-0.05, 0) is 31.9 Å². The number of likely N-dealkylation sites (tertiary alicyclic amines) is 1. The van der Waals surface area contributed by atoms with Gasteiger partial charge in [0.15, 0.2) is 20.6 Å². The molecule has 2 aromatic rings. The largest absolute Gasteiger partial charge is 0.472 e. The van der Waals surface area contributed by atoms with Gasteiger partial charge in [0.05, 0.1) is 5.69 Å². The Balaban J connectivity index is 1.39. The van der Waals surface area contributed by atoms with E-state index in [0.29, 0.717) is 31.2 Å². The van der Waals surface area contributed by atoms with Crippen LogP contribution in [0.3, 0.4) is 0 Å². The third kappa shape index (κ3) is 5.47. The minimum Gasteiger partial charge on any atom is -0.472 e. The molecule has 1 amide bonds. The summed E-state index contributed by atoms with van der Waals surface area (Å²) in [6.07, 6.45) is 5.26.